The summed E-state index contributed by atoms with van der Waals surface area (Å²) in [5, 5.41) is 1.56. The number of rotatable bonds is 3. The van der Waals surface area contributed by atoms with Crippen LogP contribution < -0.4 is 10.6 Å². The van der Waals surface area contributed by atoms with Gasteiger partial charge in [0.2, 0.25) is 0 Å². The maximum Gasteiger partial charge on any atom is 0.0408 e. The number of halogens is 2. The van der Waals surface area contributed by atoms with Crippen molar-refractivity contribution in [3.63, 3.8) is 0 Å². The monoisotopic (exact) mass is 334 g/mol. The van der Waals surface area contributed by atoms with E-state index in [0.29, 0.717) is 5.92 Å². The van der Waals surface area contributed by atoms with Crippen LogP contribution >= 0.6 is 23.2 Å². The Kier molecular flexibility index (Phi) is 4.92. The Balaban J connectivity index is 1.72. The molecule has 3 rings (SSSR count). The first-order valence-electron chi connectivity index (χ1n) is 7.60. The molecule has 2 N–H and O–H groups in total. The summed E-state index contributed by atoms with van der Waals surface area (Å²) in [6.45, 7) is 1.91. The standard InChI is InChI=1S/C18H20Cl2N2/c19-15-4-6-18(7-5-15)22-11-14(10-17(21)12-22)8-13-2-1-3-16(20)9-13/h1-7,9,14,17H,8,10-12,21H2. The highest BCUT2D eigenvalue weighted by Crippen LogP contribution is 2.26. The van der Waals surface area contributed by atoms with Crippen molar-refractivity contribution in [3.8, 4) is 0 Å². The Morgan fingerprint density at radius 3 is 2.50 bits per heavy atom. The Bertz CT molecular complexity index is 627. The van der Waals surface area contributed by atoms with Crippen molar-refractivity contribution >= 4 is 28.9 Å². The molecule has 4 heteroatoms. The van der Waals surface area contributed by atoms with Crippen molar-refractivity contribution in [2.45, 2.75) is 18.9 Å². The molecule has 1 fully saturated rings. The highest BCUT2D eigenvalue weighted by atomic mass is 35.5. The van der Waals surface area contributed by atoms with E-state index in [-0.39, 0.29) is 6.04 Å². The van der Waals surface area contributed by atoms with Crippen LogP contribution in [-0.2, 0) is 6.42 Å². The van der Waals surface area contributed by atoms with Gasteiger partial charge in [-0.25, -0.2) is 0 Å². The van der Waals surface area contributed by atoms with Crippen LogP contribution in [0.15, 0.2) is 48.5 Å². The second-order valence-electron chi connectivity index (χ2n) is 6.08. The molecule has 1 saturated heterocycles. The van der Waals surface area contributed by atoms with E-state index in [1.807, 2.05) is 30.3 Å². The maximum atomic E-state index is 6.27. The van der Waals surface area contributed by atoms with Crippen molar-refractivity contribution in [2.75, 3.05) is 18.0 Å². The molecule has 2 aromatic carbocycles. The summed E-state index contributed by atoms with van der Waals surface area (Å²) in [7, 11) is 0. The first-order valence-corrected chi connectivity index (χ1v) is 8.36. The predicted molar refractivity (Wildman–Crippen MR) is 94.9 cm³/mol. The summed E-state index contributed by atoms with van der Waals surface area (Å²) < 4.78 is 0. The minimum atomic E-state index is 0.202. The smallest absolute Gasteiger partial charge is 0.0408 e. The van der Waals surface area contributed by atoms with Crippen LogP contribution in [-0.4, -0.2) is 19.1 Å². The Hall–Kier alpha value is -1.22. The van der Waals surface area contributed by atoms with Crippen LogP contribution in [0, 0.1) is 5.92 Å². The molecule has 22 heavy (non-hydrogen) atoms. The number of nitrogens with zero attached hydrogens (tertiary/aromatic N) is 1. The van der Waals surface area contributed by atoms with Gasteiger partial charge in [0.15, 0.2) is 0 Å². The third-order valence-electron chi connectivity index (χ3n) is 4.17. The molecule has 0 spiro atoms. The van der Waals surface area contributed by atoms with Crippen LogP contribution in [0.2, 0.25) is 10.0 Å². The van der Waals surface area contributed by atoms with Crippen LogP contribution in [0.4, 0.5) is 5.69 Å². The van der Waals surface area contributed by atoms with Crippen molar-refractivity contribution in [1.82, 2.24) is 0 Å². The molecule has 1 heterocycles. The molecule has 0 aliphatic carbocycles. The van der Waals surface area contributed by atoms with Crippen molar-refractivity contribution in [3.05, 3.63) is 64.1 Å². The van der Waals surface area contributed by atoms with Crippen LogP contribution in [0.3, 0.4) is 0 Å². The zero-order valence-corrected chi connectivity index (χ0v) is 13.9. The SMILES string of the molecule is NC1CC(Cc2cccc(Cl)c2)CN(c2ccc(Cl)cc2)C1. The normalized spacial score (nSPS) is 21.9. The molecule has 2 aromatic rings. The second kappa shape index (κ2) is 6.91. The number of benzene rings is 2. The van der Waals surface area contributed by atoms with Crippen molar-refractivity contribution < 1.29 is 0 Å². The Labute approximate surface area is 141 Å². The van der Waals surface area contributed by atoms with E-state index < -0.39 is 0 Å². The second-order valence-corrected chi connectivity index (χ2v) is 6.95. The van der Waals surface area contributed by atoms with Gasteiger partial charge >= 0.3 is 0 Å². The van der Waals surface area contributed by atoms with Crippen molar-refractivity contribution in [1.29, 1.82) is 0 Å². The molecule has 2 nitrogen and oxygen atoms in total. The molecular weight excluding hydrogens is 315 g/mol. The minimum absolute atomic E-state index is 0.202. The maximum absolute atomic E-state index is 6.27. The molecular formula is C18H20Cl2N2. The fourth-order valence-electron chi connectivity index (χ4n) is 3.25. The molecule has 0 bridgehead atoms. The molecule has 0 radical (unpaired) electrons. The lowest BCUT2D eigenvalue weighted by Crippen LogP contribution is -2.47. The summed E-state index contributed by atoms with van der Waals surface area (Å²) >= 11 is 12.1. The quantitative estimate of drug-likeness (QED) is 0.901. The van der Waals surface area contributed by atoms with Crippen LogP contribution in [0.1, 0.15) is 12.0 Å². The zero-order valence-electron chi connectivity index (χ0n) is 12.4. The minimum Gasteiger partial charge on any atom is -0.370 e. The lowest BCUT2D eigenvalue weighted by molar-refractivity contribution is 0.374. The first kappa shape index (κ1) is 15.7. The summed E-state index contributed by atoms with van der Waals surface area (Å²) in [6, 6.07) is 16.3. The van der Waals surface area contributed by atoms with Gasteiger partial charge < -0.3 is 10.6 Å². The molecule has 1 aliphatic heterocycles. The van der Waals surface area contributed by atoms with E-state index in [1.165, 1.54) is 11.3 Å². The fourth-order valence-corrected chi connectivity index (χ4v) is 3.59. The number of hydrogen-bond acceptors (Lipinski definition) is 2. The number of nitrogens with two attached hydrogens (primary N) is 1. The third-order valence-corrected chi connectivity index (χ3v) is 4.66. The van der Waals surface area contributed by atoms with Gasteiger partial charge in [-0.1, -0.05) is 35.3 Å². The number of piperidine rings is 1. The summed E-state index contributed by atoms with van der Waals surface area (Å²) in [6.07, 6.45) is 2.06. The summed E-state index contributed by atoms with van der Waals surface area (Å²) in [4.78, 5) is 2.36. The summed E-state index contributed by atoms with van der Waals surface area (Å²) in [5.74, 6) is 0.540. The first-order chi connectivity index (χ1) is 10.6. The van der Waals surface area contributed by atoms with Crippen molar-refractivity contribution in [2.24, 2.45) is 11.7 Å². The molecule has 2 unspecified atom stereocenters. The van der Waals surface area contributed by atoms with Gasteiger partial charge in [0.05, 0.1) is 0 Å². The van der Waals surface area contributed by atoms with E-state index in [9.17, 15) is 0 Å². The lowest BCUT2D eigenvalue weighted by Gasteiger charge is -2.38. The number of anilines is 1. The fraction of sp³-hybridized carbons (Fsp3) is 0.333. The highest BCUT2D eigenvalue weighted by molar-refractivity contribution is 6.30. The van der Waals surface area contributed by atoms with Gasteiger partial charge in [0, 0.05) is 34.9 Å². The van der Waals surface area contributed by atoms with Gasteiger partial charge in [-0.05, 0) is 60.7 Å². The topological polar surface area (TPSA) is 29.3 Å². The van der Waals surface area contributed by atoms with E-state index in [1.54, 1.807) is 0 Å². The van der Waals surface area contributed by atoms with Gasteiger partial charge in [0.25, 0.3) is 0 Å². The molecule has 2 atom stereocenters. The molecule has 0 aromatic heterocycles. The number of hydrogen-bond donors (Lipinski definition) is 1. The predicted octanol–water partition coefficient (Wildman–Crippen LogP) is 4.39. The molecule has 0 saturated carbocycles. The van der Waals surface area contributed by atoms with Gasteiger partial charge in [-0.15, -0.1) is 0 Å². The van der Waals surface area contributed by atoms with Gasteiger partial charge in [0.1, 0.15) is 0 Å². The van der Waals surface area contributed by atoms with Gasteiger partial charge in [-0.3, -0.25) is 0 Å². The molecule has 0 amide bonds. The van der Waals surface area contributed by atoms with E-state index >= 15 is 0 Å². The highest BCUT2D eigenvalue weighted by Gasteiger charge is 2.25. The summed E-state index contributed by atoms with van der Waals surface area (Å²) in [5.41, 5.74) is 8.74. The van der Waals surface area contributed by atoms with Crippen LogP contribution in [0.25, 0.3) is 0 Å². The Morgan fingerprint density at radius 1 is 1.00 bits per heavy atom. The molecule has 116 valence electrons. The lowest BCUT2D eigenvalue weighted by atomic mass is 9.89. The third kappa shape index (κ3) is 3.95. The van der Waals surface area contributed by atoms with E-state index in [4.69, 9.17) is 28.9 Å². The average molecular weight is 335 g/mol. The van der Waals surface area contributed by atoms with Gasteiger partial charge in [-0.2, -0.15) is 0 Å². The Morgan fingerprint density at radius 2 is 1.77 bits per heavy atom. The average Bonchev–Trinajstić information content (AvgIpc) is 2.47. The largest absolute Gasteiger partial charge is 0.370 e. The molecule has 1 aliphatic rings. The van der Waals surface area contributed by atoms with E-state index in [2.05, 4.69) is 23.1 Å². The zero-order chi connectivity index (χ0) is 15.5. The van der Waals surface area contributed by atoms with Crippen LogP contribution in [0.5, 0.6) is 0 Å². The van der Waals surface area contributed by atoms with E-state index in [0.717, 1.165) is 36.0 Å².